The van der Waals surface area contributed by atoms with Gasteiger partial charge < -0.3 is 4.74 Å². The number of alkyl halides is 1. The average Bonchev–Trinajstić information content (AvgIpc) is 2.15. The van der Waals surface area contributed by atoms with Gasteiger partial charge in [-0.25, -0.2) is 0 Å². The Kier molecular flexibility index (Phi) is 9.16. The molecule has 0 aliphatic rings. The summed E-state index contributed by atoms with van der Waals surface area (Å²) in [6.07, 6.45) is 7.33. The highest BCUT2D eigenvalue weighted by molar-refractivity contribution is 6.20. The van der Waals surface area contributed by atoms with Crippen LogP contribution in [0.1, 0.15) is 51.9 Å². The number of ether oxygens (including phenoxy) is 1. The van der Waals surface area contributed by atoms with Crippen molar-refractivity contribution in [3.63, 3.8) is 0 Å². The maximum atomic E-state index is 10.8. The number of unbranched alkanes of at least 4 members (excludes halogenated alkanes) is 4. The highest BCUT2D eigenvalue weighted by Crippen LogP contribution is 2.11. The zero-order chi connectivity index (χ0) is 10.8. The third-order valence-electron chi connectivity index (χ3n) is 2.21. The van der Waals surface area contributed by atoms with Gasteiger partial charge in [0.05, 0.1) is 7.11 Å². The van der Waals surface area contributed by atoms with Crippen molar-refractivity contribution in [2.75, 3.05) is 7.11 Å². The van der Waals surface area contributed by atoms with Gasteiger partial charge in [-0.05, 0) is 19.8 Å². The molecule has 84 valence electrons. The van der Waals surface area contributed by atoms with E-state index in [1.54, 1.807) is 0 Å². The molecule has 0 aromatic heterocycles. The van der Waals surface area contributed by atoms with Gasteiger partial charge in [0.2, 0.25) is 0 Å². The molecule has 0 N–H and O–H groups in total. The Morgan fingerprint density at radius 2 is 1.79 bits per heavy atom. The summed E-state index contributed by atoms with van der Waals surface area (Å²) in [6, 6.07) is 0. The Morgan fingerprint density at radius 1 is 1.21 bits per heavy atom. The Hall–Kier alpha value is -0.240. The molecule has 0 aliphatic heterocycles. The van der Waals surface area contributed by atoms with E-state index in [0.717, 1.165) is 19.3 Å². The van der Waals surface area contributed by atoms with Gasteiger partial charge in [-0.1, -0.05) is 25.7 Å². The molecular formula is C11H21ClO2. The molecule has 14 heavy (non-hydrogen) atoms. The molecule has 2 nitrogen and oxygen atoms in total. The topological polar surface area (TPSA) is 26.3 Å². The van der Waals surface area contributed by atoms with Crippen LogP contribution in [0.25, 0.3) is 0 Å². The molecule has 0 spiro atoms. The van der Waals surface area contributed by atoms with Gasteiger partial charge >= 0.3 is 5.97 Å². The van der Waals surface area contributed by atoms with Crippen LogP contribution >= 0.6 is 11.6 Å². The number of halogens is 1. The van der Waals surface area contributed by atoms with Crippen LogP contribution in [0, 0.1) is 0 Å². The highest BCUT2D eigenvalue weighted by atomic mass is 35.5. The molecule has 0 bridgehead atoms. The molecule has 0 radical (unpaired) electrons. The van der Waals surface area contributed by atoms with Crippen LogP contribution in [0.2, 0.25) is 0 Å². The summed E-state index contributed by atoms with van der Waals surface area (Å²) >= 11 is 5.82. The van der Waals surface area contributed by atoms with E-state index in [9.17, 15) is 4.79 Å². The van der Waals surface area contributed by atoms with Crippen molar-refractivity contribution in [3.8, 4) is 0 Å². The molecule has 0 aromatic carbocycles. The third-order valence-corrected chi connectivity index (χ3v) is 2.43. The number of esters is 1. The first-order valence-electron chi connectivity index (χ1n) is 5.37. The Morgan fingerprint density at radius 3 is 2.36 bits per heavy atom. The van der Waals surface area contributed by atoms with Gasteiger partial charge in [-0.15, -0.1) is 11.6 Å². The smallest absolute Gasteiger partial charge is 0.305 e. The Labute approximate surface area is 92.0 Å². The first kappa shape index (κ1) is 13.8. The van der Waals surface area contributed by atoms with Crippen LogP contribution in [-0.2, 0) is 9.53 Å². The van der Waals surface area contributed by atoms with Crippen LogP contribution < -0.4 is 0 Å². The molecule has 0 rings (SSSR count). The summed E-state index contributed by atoms with van der Waals surface area (Å²) in [5, 5.41) is 0.296. The van der Waals surface area contributed by atoms with Crippen LogP contribution in [0.3, 0.4) is 0 Å². The standard InChI is InChI=1S/C11H21ClO2/c1-10(12)8-6-4-3-5-7-9-11(13)14-2/h10H,3-9H2,1-2H3. The lowest BCUT2D eigenvalue weighted by atomic mass is 10.1. The minimum atomic E-state index is -0.0978. The molecule has 0 amide bonds. The van der Waals surface area contributed by atoms with E-state index in [0.29, 0.717) is 11.8 Å². The normalized spacial score (nSPS) is 12.5. The summed E-state index contributed by atoms with van der Waals surface area (Å²) in [5.41, 5.74) is 0. The number of hydrogen-bond acceptors (Lipinski definition) is 2. The lowest BCUT2D eigenvalue weighted by molar-refractivity contribution is -0.140. The molecule has 3 heteroatoms. The summed E-state index contributed by atoms with van der Waals surface area (Å²) in [5.74, 6) is -0.0978. The molecule has 0 heterocycles. The van der Waals surface area contributed by atoms with Gasteiger partial charge in [-0.3, -0.25) is 4.79 Å². The van der Waals surface area contributed by atoms with Crippen LogP contribution in [0.5, 0.6) is 0 Å². The number of methoxy groups -OCH3 is 1. The second-order valence-corrected chi connectivity index (χ2v) is 4.41. The number of carbonyl (C=O) groups is 1. The lowest BCUT2D eigenvalue weighted by Gasteiger charge is -2.02. The maximum absolute atomic E-state index is 10.8. The van der Waals surface area contributed by atoms with Gasteiger partial charge in [0, 0.05) is 11.8 Å². The Bertz CT molecular complexity index is 146. The summed E-state index contributed by atoms with van der Waals surface area (Å²) in [7, 11) is 1.43. The minimum absolute atomic E-state index is 0.0978. The second kappa shape index (κ2) is 9.32. The van der Waals surface area contributed by atoms with E-state index in [2.05, 4.69) is 4.74 Å². The van der Waals surface area contributed by atoms with Gasteiger partial charge in [-0.2, -0.15) is 0 Å². The number of rotatable bonds is 8. The van der Waals surface area contributed by atoms with Gasteiger partial charge in [0.25, 0.3) is 0 Å². The molecular weight excluding hydrogens is 200 g/mol. The predicted molar refractivity (Wildman–Crippen MR) is 59.7 cm³/mol. The first-order valence-corrected chi connectivity index (χ1v) is 5.81. The third kappa shape index (κ3) is 9.85. The molecule has 0 saturated carbocycles. The zero-order valence-corrected chi connectivity index (χ0v) is 9.98. The molecule has 0 aliphatic carbocycles. The van der Waals surface area contributed by atoms with Crippen molar-refractivity contribution in [1.82, 2.24) is 0 Å². The van der Waals surface area contributed by atoms with Crippen LogP contribution in [-0.4, -0.2) is 18.5 Å². The SMILES string of the molecule is COC(=O)CCCCCCCC(C)Cl. The van der Waals surface area contributed by atoms with Crippen LogP contribution in [0.4, 0.5) is 0 Å². The fourth-order valence-electron chi connectivity index (χ4n) is 1.33. The molecule has 0 saturated heterocycles. The summed E-state index contributed by atoms with van der Waals surface area (Å²) in [6.45, 7) is 2.03. The van der Waals surface area contributed by atoms with E-state index in [-0.39, 0.29) is 5.97 Å². The lowest BCUT2D eigenvalue weighted by Crippen LogP contribution is -1.99. The summed E-state index contributed by atoms with van der Waals surface area (Å²) < 4.78 is 4.55. The average molecular weight is 221 g/mol. The highest BCUT2D eigenvalue weighted by Gasteiger charge is 1.99. The van der Waals surface area contributed by atoms with E-state index >= 15 is 0 Å². The second-order valence-electron chi connectivity index (χ2n) is 3.66. The number of hydrogen-bond donors (Lipinski definition) is 0. The number of carbonyl (C=O) groups excluding carboxylic acids is 1. The van der Waals surface area contributed by atoms with Crippen molar-refractivity contribution in [1.29, 1.82) is 0 Å². The van der Waals surface area contributed by atoms with Gasteiger partial charge in [0.1, 0.15) is 0 Å². The minimum Gasteiger partial charge on any atom is -0.469 e. The monoisotopic (exact) mass is 220 g/mol. The van der Waals surface area contributed by atoms with Gasteiger partial charge in [0.15, 0.2) is 0 Å². The van der Waals surface area contributed by atoms with Crippen LogP contribution in [0.15, 0.2) is 0 Å². The first-order chi connectivity index (χ1) is 6.66. The fraction of sp³-hybridized carbons (Fsp3) is 0.909. The fourth-order valence-corrected chi connectivity index (χ4v) is 1.48. The molecule has 1 atom stereocenters. The largest absolute Gasteiger partial charge is 0.469 e. The van der Waals surface area contributed by atoms with Crippen molar-refractivity contribution < 1.29 is 9.53 Å². The quantitative estimate of drug-likeness (QED) is 0.356. The summed E-state index contributed by atoms with van der Waals surface area (Å²) in [4.78, 5) is 10.8. The molecule has 1 unspecified atom stereocenters. The maximum Gasteiger partial charge on any atom is 0.305 e. The van der Waals surface area contributed by atoms with Crippen molar-refractivity contribution >= 4 is 17.6 Å². The van der Waals surface area contributed by atoms with Crippen molar-refractivity contribution in [2.45, 2.75) is 57.2 Å². The predicted octanol–water partition coefficient (Wildman–Crippen LogP) is 3.52. The van der Waals surface area contributed by atoms with E-state index in [1.165, 1.54) is 26.4 Å². The van der Waals surface area contributed by atoms with E-state index in [4.69, 9.17) is 11.6 Å². The van der Waals surface area contributed by atoms with E-state index < -0.39 is 0 Å². The van der Waals surface area contributed by atoms with Crippen molar-refractivity contribution in [3.05, 3.63) is 0 Å². The molecule has 0 fully saturated rings. The molecule has 0 aromatic rings. The Balaban J connectivity index is 3.03. The van der Waals surface area contributed by atoms with Crippen molar-refractivity contribution in [2.24, 2.45) is 0 Å². The zero-order valence-electron chi connectivity index (χ0n) is 9.22. The van der Waals surface area contributed by atoms with E-state index in [1.807, 2.05) is 6.92 Å².